The second kappa shape index (κ2) is 3.75. The van der Waals surface area contributed by atoms with Crippen LogP contribution >= 0.6 is 27.5 Å². The van der Waals surface area contributed by atoms with Crippen molar-refractivity contribution in [3.05, 3.63) is 39.5 Å². The van der Waals surface area contributed by atoms with Crippen molar-refractivity contribution in [2.75, 3.05) is 0 Å². The fourth-order valence-electron chi connectivity index (χ4n) is 1.19. The summed E-state index contributed by atoms with van der Waals surface area (Å²) >= 11 is 9.08. The molecule has 0 amide bonds. The van der Waals surface area contributed by atoms with Gasteiger partial charge in [0.2, 0.25) is 5.22 Å². The summed E-state index contributed by atoms with van der Waals surface area (Å²) in [6.45, 7) is 2.02. The van der Waals surface area contributed by atoms with Gasteiger partial charge in [0.1, 0.15) is 5.69 Å². The van der Waals surface area contributed by atoms with E-state index in [1.165, 1.54) is 0 Å². The van der Waals surface area contributed by atoms with E-state index >= 15 is 0 Å². The summed E-state index contributed by atoms with van der Waals surface area (Å²) in [5, 5.41) is 4.14. The minimum absolute atomic E-state index is 0.306. The average Bonchev–Trinajstić information content (AvgIpc) is 2.57. The second-order valence-corrected chi connectivity index (χ2v) is 4.21. The lowest BCUT2D eigenvalue weighted by Gasteiger charge is -1.99. The number of aryl methyl sites for hydroxylation is 1. The van der Waals surface area contributed by atoms with Crippen molar-refractivity contribution >= 4 is 27.5 Å². The van der Waals surface area contributed by atoms with Gasteiger partial charge in [-0.05, 0) is 36.2 Å². The van der Waals surface area contributed by atoms with Gasteiger partial charge >= 0.3 is 0 Å². The number of benzene rings is 1. The molecule has 1 aromatic carbocycles. The Bertz CT molecular complexity index is 467. The standard InChI is InChI=1S/C10H7BrClNO/c1-6-4-7(2-3-8(6)11)9-5-10(12)14-13-9/h2-5H,1H3. The van der Waals surface area contributed by atoms with Crippen LogP contribution in [0.4, 0.5) is 0 Å². The third-order valence-electron chi connectivity index (χ3n) is 1.94. The van der Waals surface area contributed by atoms with Crippen LogP contribution in [0.25, 0.3) is 11.3 Å². The first-order valence-corrected chi connectivity index (χ1v) is 5.22. The van der Waals surface area contributed by atoms with Crippen LogP contribution in [0, 0.1) is 6.92 Å². The minimum Gasteiger partial charge on any atom is -0.344 e. The van der Waals surface area contributed by atoms with Crippen LogP contribution in [0.3, 0.4) is 0 Å². The summed E-state index contributed by atoms with van der Waals surface area (Å²) in [4.78, 5) is 0. The molecule has 14 heavy (non-hydrogen) atoms. The lowest BCUT2D eigenvalue weighted by molar-refractivity contribution is 0.424. The molecular formula is C10H7BrClNO. The molecule has 2 aromatic rings. The van der Waals surface area contributed by atoms with Gasteiger partial charge in [-0.15, -0.1) is 0 Å². The average molecular weight is 273 g/mol. The summed E-state index contributed by atoms with van der Waals surface area (Å²) in [5.74, 6) is 0. The van der Waals surface area contributed by atoms with E-state index in [0.29, 0.717) is 5.22 Å². The molecule has 0 radical (unpaired) electrons. The fourth-order valence-corrected chi connectivity index (χ4v) is 1.58. The zero-order chi connectivity index (χ0) is 10.1. The van der Waals surface area contributed by atoms with Crippen LogP contribution in [-0.2, 0) is 0 Å². The van der Waals surface area contributed by atoms with E-state index in [4.69, 9.17) is 16.1 Å². The van der Waals surface area contributed by atoms with Crippen LogP contribution in [0.15, 0.2) is 33.3 Å². The number of hydrogen-bond acceptors (Lipinski definition) is 2. The molecule has 1 aromatic heterocycles. The maximum absolute atomic E-state index is 5.64. The molecule has 4 heteroatoms. The molecule has 0 aliphatic heterocycles. The Kier molecular flexibility index (Phi) is 2.61. The molecule has 72 valence electrons. The summed E-state index contributed by atoms with van der Waals surface area (Å²) in [6, 6.07) is 7.67. The van der Waals surface area contributed by atoms with Crippen molar-refractivity contribution in [2.45, 2.75) is 6.92 Å². The van der Waals surface area contributed by atoms with E-state index in [9.17, 15) is 0 Å². The quantitative estimate of drug-likeness (QED) is 0.782. The molecule has 0 saturated heterocycles. The second-order valence-electron chi connectivity index (χ2n) is 2.98. The molecule has 1 heterocycles. The molecular weight excluding hydrogens is 265 g/mol. The Morgan fingerprint density at radius 1 is 1.36 bits per heavy atom. The van der Waals surface area contributed by atoms with E-state index in [1.807, 2.05) is 25.1 Å². The highest BCUT2D eigenvalue weighted by molar-refractivity contribution is 9.10. The van der Waals surface area contributed by atoms with Gasteiger partial charge in [-0.3, -0.25) is 0 Å². The number of hydrogen-bond donors (Lipinski definition) is 0. The molecule has 0 atom stereocenters. The van der Waals surface area contributed by atoms with Crippen LogP contribution in [-0.4, -0.2) is 5.16 Å². The highest BCUT2D eigenvalue weighted by Gasteiger charge is 2.05. The fraction of sp³-hybridized carbons (Fsp3) is 0.100. The maximum atomic E-state index is 5.64. The van der Waals surface area contributed by atoms with Crippen molar-refractivity contribution in [3.8, 4) is 11.3 Å². The monoisotopic (exact) mass is 271 g/mol. The molecule has 2 nitrogen and oxygen atoms in total. The van der Waals surface area contributed by atoms with Crippen molar-refractivity contribution in [1.29, 1.82) is 0 Å². The van der Waals surface area contributed by atoms with Gasteiger partial charge in [0.05, 0.1) is 0 Å². The first-order valence-electron chi connectivity index (χ1n) is 4.05. The summed E-state index contributed by atoms with van der Waals surface area (Å²) in [5.41, 5.74) is 2.91. The lowest BCUT2D eigenvalue weighted by atomic mass is 10.1. The van der Waals surface area contributed by atoms with Gasteiger partial charge in [-0.1, -0.05) is 27.2 Å². The van der Waals surface area contributed by atoms with Crippen molar-refractivity contribution < 1.29 is 4.52 Å². The first-order chi connectivity index (χ1) is 6.66. The van der Waals surface area contributed by atoms with E-state index < -0.39 is 0 Å². The van der Waals surface area contributed by atoms with Gasteiger partial charge in [0, 0.05) is 16.1 Å². The maximum Gasteiger partial charge on any atom is 0.226 e. The Labute approximate surface area is 95.0 Å². The molecule has 0 unspecified atom stereocenters. The van der Waals surface area contributed by atoms with Crippen LogP contribution in [0.2, 0.25) is 5.22 Å². The Morgan fingerprint density at radius 2 is 2.14 bits per heavy atom. The molecule has 0 spiro atoms. The zero-order valence-electron chi connectivity index (χ0n) is 7.42. The smallest absolute Gasteiger partial charge is 0.226 e. The van der Waals surface area contributed by atoms with Crippen LogP contribution in [0.5, 0.6) is 0 Å². The molecule has 0 bridgehead atoms. The predicted molar refractivity (Wildman–Crippen MR) is 59.4 cm³/mol. The topological polar surface area (TPSA) is 26.0 Å². The minimum atomic E-state index is 0.306. The van der Waals surface area contributed by atoms with Crippen LogP contribution < -0.4 is 0 Å². The number of halogens is 2. The SMILES string of the molecule is Cc1cc(-c2cc(Cl)on2)ccc1Br. The summed E-state index contributed by atoms with van der Waals surface area (Å²) in [6.07, 6.45) is 0. The van der Waals surface area contributed by atoms with Crippen molar-refractivity contribution in [1.82, 2.24) is 5.16 Å². The molecule has 0 N–H and O–H groups in total. The Morgan fingerprint density at radius 3 is 2.71 bits per heavy atom. The van der Waals surface area contributed by atoms with E-state index in [2.05, 4.69) is 21.1 Å². The van der Waals surface area contributed by atoms with Gasteiger partial charge < -0.3 is 4.52 Å². The van der Waals surface area contributed by atoms with E-state index in [0.717, 1.165) is 21.3 Å². The predicted octanol–water partition coefficient (Wildman–Crippen LogP) is 4.07. The summed E-state index contributed by atoms with van der Waals surface area (Å²) < 4.78 is 5.87. The molecule has 2 rings (SSSR count). The summed E-state index contributed by atoms with van der Waals surface area (Å²) in [7, 11) is 0. The molecule has 0 fully saturated rings. The lowest BCUT2D eigenvalue weighted by Crippen LogP contribution is -1.80. The number of aromatic nitrogens is 1. The Hall–Kier alpha value is -0.800. The van der Waals surface area contributed by atoms with Gasteiger partial charge in [-0.2, -0.15) is 0 Å². The molecule has 0 aliphatic carbocycles. The number of nitrogens with zero attached hydrogens (tertiary/aromatic N) is 1. The van der Waals surface area contributed by atoms with Gasteiger partial charge in [0.15, 0.2) is 0 Å². The normalized spacial score (nSPS) is 10.5. The molecule has 0 aliphatic rings. The first kappa shape index (κ1) is 9.74. The van der Waals surface area contributed by atoms with Crippen LogP contribution in [0.1, 0.15) is 5.56 Å². The third-order valence-corrected chi connectivity index (χ3v) is 3.00. The number of rotatable bonds is 1. The molecule has 0 saturated carbocycles. The largest absolute Gasteiger partial charge is 0.344 e. The van der Waals surface area contributed by atoms with Gasteiger partial charge in [0.25, 0.3) is 0 Å². The highest BCUT2D eigenvalue weighted by atomic mass is 79.9. The Balaban J connectivity index is 2.47. The zero-order valence-corrected chi connectivity index (χ0v) is 9.76. The van der Waals surface area contributed by atoms with E-state index in [-0.39, 0.29) is 0 Å². The third kappa shape index (κ3) is 1.83. The van der Waals surface area contributed by atoms with Crippen molar-refractivity contribution in [2.24, 2.45) is 0 Å². The highest BCUT2D eigenvalue weighted by Crippen LogP contribution is 2.25. The van der Waals surface area contributed by atoms with Gasteiger partial charge in [-0.25, -0.2) is 0 Å². The van der Waals surface area contributed by atoms with Crippen molar-refractivity contribution in [3.63, 3.8) is 0 Å². The van der Waals surface area contributed by atoms with E-state index in [1.54, 1.807) is 6.07 Å².